The fourth-order valence-electron chi connectivity index (χ4n) is 3.62. The van der Waals surface area contributed by atoms with Crippen LogP contribution < -0.4 is 5.49 Å². The summed E-state index contributed by atoms with van der Waals surface area (Å²) in [5.41, 5.74) is 0.557. The van der Waals surface area contributed by atoms with Crippen molar-refractivity contribution in [2.75, 3.05) is 6.16 Å². The summed E-state index contributed by atoms with van der Waals surface area (Å²) in [4.78, 5) is 39.1. The van der Waals surface area contributed by atoms with Crippen molar-refractivity contribution < 1.29 is 50.7 Å². The molecule has 0 amide bonds. The Morgan fingerprint density at radius 2 is 1.82 bits per heavy atom. The molecule has 0 aliphatic carbocycles. The van der Waals surface area contributed by atoms with Crippen LogP contribution in [0.1, 0.15) is 20.1 Å². The van der Waals surface area contributed by atoms with Gasteiger partial charge in [-0.2, -0.15) is 4.31 Å². The van der Waals surface area contributed by atoms with Crippen molar-refractivity contribution in [3.8, 4) is 0 Å². The zero-order valence-electron chi connectivity index (χ0n) is 17.4. The van der Waals surface area contributed by atoms with Crippen LogP contribution in [-0.4, -0.2) is 53.2 Å². The Morgan fingerprint density at radius 1 is 1.18 bits per heavy atom. The second kappa shape index (κ2) is 8.19. The normalized spacial score (nSPS) is 39.1. The lowest BCUT2D eigenvalue weighted by Gasteiger charge is -2.29. The van der Waals surface area contributed by atoms with Gasteiger partial charge in [-0.15, -0.1) is 0 Å². The number of aromatic nitrogens is 4. The van der Waals surface area contributed by atoms with Gasteiger partial charge in [-0.3, -0.25) is 19.3 Å². The Kier molecular flexibility index (Phi) is 6.06. The summed E-state index contributed by atoms with van der Waals surface area (Å²) in [5.74, 6) is -1.33. The number of carbonyl (C=O) groups is 1. The van der Waals surface area contributed by atoms with Crippen LogP contribution in [0.15, 0.2) is 12.7 Å². The molecule has 3 N–H and O–H groups in total. The molecule has 2 aromatic heterocycles. The lowest BCUT2D eigenvalue weighted by atomic mass is 10.0. The van der Waals surface area contributed by atoms with Crippen LogP contribution >= 0.6 is 23.2 Å². The van der Waals surface area contributed by atoms with Crippen LogP contribution in [0.3, 0.4) is 0 Å². The highest BCUT2D eigenvalue weighted by atomic mass is 31.3. The van der Waals surface area contributed by atoms with E-state index in [-0.39, 0.29) is 16.7 Å². The first-order chi connectivity index (χ1) is 15.2. The Bertz CT molecular complexity index is 1300. The van der Waals surface area contributed by atoms with Gasteiger partial charge in [0.1, 0.15) is 5.52 Å². The summed E-state index contributed by atoms with van der Waals surface area (Å²) in [6.07, 6.45) is -1.11. The highest BCUT2D eigenvalue weighted by Gasteiger charge is 2.56. The lowest BCUT2D eigenvalue weighted by molar-refractivity contribution is -0.153. The van der Waals surface area contributed by atoms with E-state index < -0.39 is 59.7 Å². The Hall–Kier alpha value is -1.73. The summed E-state index contributed by atoms with van der Waals surface area (Å²) in [7, 11) is -13.3. The summed E-state index contributed by atoms with van der Waals surface area (Å²) in [6.45, 7) is 2.77. The first-order valence-corrected chi connectivity index (χ1v) is 14.1. The third-order valence-electron chi connectivity index (χ3n) is 5.04. The molecule has 182 valence electrons. The van der Waals surface area contributed by atoms with Gasteiger partial charge in [-0.05, 0) is 0 Å². The molecule has 0 bridgehead atoms. The van der Waals surface area contributed by atoms with Gasteiger partial charge < -0.3 is 23.8 Å². The maximum atomic E-state index is 12.9. The van der Waals surface area contributed by atoms with Crippen molar-refractivity contribution in [3.63, 3.8) is 0 Å². The second-order valence-electron chi connectivity index (χ2n) is 7.50. The van der Waals surface area contributed by atoms with Crippen LogP contribution in [0, 0.1) is 11.3 Å². The van der Waals surface area contributed by atoms with Crippen molar-refractivity contribution >= 4 is 40.4 Å². The number of imidazole rings is 1. The Balaban J connectivity index is 1.69. The van der Waals surface area contributed by atoms with E-state index in [1.54, 1.807) is 14.0 Å². The van der Waals surface area contributed by atoms with E-state index in [0.717, 1.165) is 0 Å². The maximum absolute atomic E-state index is 12.9. The predicted octanol–water partition coefficient (Wildman–Crippen LogP) is 1.17. The van der Waals surface area contributed by atoms with E-state index in [2.05, 4.69) is 22.9 Å². The van der Waals surface area contributed by atoms with Gasteiger partial charge in [0.2, 0.25) is 0 Å². The van der Waals surface area contributed by atoms with Crippen molar-refractivity contribution in [1.29, 1.82) is 5.41 Å². The summed E-state index contributed by atoms with van der Waals surface area (Å²) < 4.78 is 63.6. The number of nitrogens with zero attached hydrogens (tertiary/aromatic N) is 4. The van der Waals surface area contributed by atoms with E-state index in [1.807, 2.05) is 0 Å². The van der Waals surface area contributed by atoms with Crippen LogP contribution in [0.5, 0.6) is 0 Å². The topological polar surface area (TPSA) is 214 Å². The molecule has 33 heavy (non-hydrogen) atoms. The molecule has 0 spiro atoms. The first-order valence-electron chi connectivity index (χ1n) is 9.34. The minimum Gasteiger partial charge on any atom is -0.457 e. The van der Waals surface area contributed by atoms with Gasteiger partial charge in [0.25, 0.3) is 0 Å². The van der Waals surface area contributed by atoms with Crippen molar-refractivity contribution in [2.45, 2.75) is 32.3 Å². The lowest BCUT2D eigenvalue weighted by Crippen LogP contribution is -2.30. The van der Waals surface area contributed by atoms with Gasteiger partial charge >= 0.3 is 29.2 Å². The van der Waals surface area contributed by atoms with Gasteiger partial charge in [-0.25, -0.2) is 27.7 Å². The number of phosphoric acid groups is 2. The number of hydrogen-bond acceptors (Lipinski definition) is 12. The molecule has 0 saturated carbocycles. The molecular formula is C14H20N5O11P3. The predicted molar refractivity (Wildman–Crippen MR) is 106 cm³/mol. The zero-order chi connectivity index (χ0) is 24.3. The van der Waals surface area contributed by atoms with Crippen molar-refractivity contribution in [3.05, 3.63) is 18.1 Å². The van der Waals surface area contributed by atoms with Gasteiger partial charge in [0.15, 0.2) is 23.5 Å². The van der Waals surface area contributed by atoms with Crippen LogP contribution in [-0.2, 0) is 47.9 Å². The van der Waals surface area contributed by atoms with Crippen LogP contribution in [0.2, 0.25) is 0 Å². The third-order valence-corrected chi connectivity index (χ3v) is 11.1. The Morgan fingerprint density at radius 3 is 2.42 bits per heavy atom. The molecular weight excluding hydrogens is 507 g/mol. The molecule has 0 aromatic carbocycles. The number of aryl methyl sites for hydroxylation is 1. The second-order valence-corrected chi connectivity index (χ2v) is 12.9. The summed E-state index contributed by atoms with van der Waals surface area (Å²) >= 11 is 0. The van der Waals surface area contributed by atoms with E-state index in [1.165, 1.54) is 28.7 Å². The summed E-state index contributed by atoms with van der Waals surface area (Å²) in [5, 5.41) is 8.12. The SMILES string of the molecule is CC(=O)O[C@@H]1[C@H](C)[C@@H](CP2(=O)OP(=O)(O)OP(=O)(O)O2)O[C@H]1n1cnc2c(=N)n(C)cnc21. The van der Waals surface area contributed by atoms with E-state index in [0.29, 0.717) is 0 Å². The molecule has 16 nitrogen and oxygen atoms in total. The van der Waals surface area contributed by atoms with Gasteiger partial charge in [-0.1, -0.05) is 6.92 Å². The van der Waals surface area contributed by atoms with Crippen molar-refractivity contribution in [1.82, 2.24) is 19.1 Å². The highest BCUT2D eigenvalue weighted by molar-refractivity contribution is 7.76. The molecule has 2 saturated heterocycles. The van der Waals surface area contributed by atoms with Crippen LogP contribution in [0.4, 0.5) is 0 Å². The van der Waals surface area contributed by atoms with Gasteiger partial charge in [0.05, 0.1) is 24.9 Å². The molecule has 2 fully saturated rings. The van der Waals surface area contributed by atoms with Crippen LogP contribution in [0.25, 0.3) is 11.2 Å². The average Bonchev–Trinajstić information content (AvgIpc) is 3.18. The van der Waals surface area contributed by atoms with E-state index in [4.69, 9.17) is 14.9 Å². The largest absolute Gasteiger partial charge is 0.488 e. The number of carbonyl (C=O) groups excluding carboxylic acids is 1. The number of ether oxygens (including phenoxy) is 2. The molecule has 2 unspecified atom stereocenters. The number of hydrogen-bond donors (Lipinski definition) is 3. The molecule has 4 rings (SSSR count). The molecule has 2 aliphatic rings. The number of nitrogens with one attached hydrogen (secondary N) is 1. The minimum atomic E-state index is -5.14. The smallest absolute Gasteiger partial charge is 0.457 e. The minimum absolute atomic E-state index is 0.0659. The average molecular weight is 527 g/mol. The van der Waals surface area contributed by atoms with E-state index >= 15 is 0 Å². The molecule has 19 heteroatoms. The molecule has 0 radical (unpaired) electrons. The summed E-state index contributed by atoms with van der Waals surface area (Å²) in [6, 6.07) is 0. The Labute approximate surface area is 185 Å². The number of esters is 1. The zero-order valence-corrected chi connectivity index (χ0v) is 20.1. The fraction of sp³-hybridized carbons (Fsp3) is 0.571. The molecule has 2 aromatic rings. The maximum Gasteiger partial charge on any atom is 0.488 e. The molecule has 6 atom stereocenters. The number of rotatable bonds is 4. The third kappa shape index (κ3) is 4.76. The fourth-order valence-corrected chi connectivity index (χ4v) is 9.73. The molecule has 2 aliphatic heterocycles. The number of fused-ring (bicyclic) bond motifs is 1. The van der Waals surface area contributed by atoms with Gasteiger partial charge in [0, 0.05) is 19.9 Å². The quantitative estimate of drug-likeness (QED) is 0.377. The van der Waals surface area contributed by atoms with E-state index in [9.17, 15) is 28.3 Å². The van der Waals surface area contributed by atoms with Crippen molar-refractivity contribution in [2.24, 2.45) is 13.0 Å². The monoisotopic (exact) mass is 527 g/mol. The highest BCUT2D eigenvalue weighted by Crippen LogP contribution is 2.80. The molecule has 4 heterocycles. The standard InChI is InChI=1S/C14H20N5O11P3/c1-7-9(4-31(21)28-32(22,23)30-33(24,25)29-31)27-14(11(7)26-8(2)20)19-6-16-10-12(15)18(3)5-17-13(10)19/h5-7,9,11,14-15H,4H2,1-3H3,(H,22,23)(H,24,25)/t7-,9-,11-,14-/m1/s1. The first kappa shape index (κ1) is 24.4.